The summed E-state index contributed by atoms with van der Waals surface area (Å²) < 4.78 is -0.0394. The molecule has 0 aliphatic carbocycles. The van der Waals surface area contributed by atoms with Crippen LogP contribution in [0, 0.1) is 0 Å². The molecule has 0 bridgehead atoms. The molecule has 4 nitrogen and oxygen atoms in total. The number of hydrogen-bond donors (Lipinski definition) is 1. The van der Waals surface area contributed by atoms with Crippen molar-refractivity contribution >= 4 is 11.9 Å². The predicted octanol–water partition coefficient (Wildman–Crippen LogP) is 0.226. The van der Waals surface area contributed by atoms with Crippen molar-refractivity contribution in [2.45, 2.75) is 25.3 Å². The van der Waals surface area contributed by atoms with Gasteiger partial charge in [-0.05, 0) is 0 Å². The number of likely N-dealkylation sites (tertiary alicyclic amines) is 1. The SMILES string of the molecule is CC1(C(=O)O)CCC(=O)[N+]1(C)C. The summed E-state index contributed by atoms with van der Waals surface area (Å²) in [6.45, 7) is 1.63. The van der Waals surface area contributed by atoms with Crippen LogP contribution in [-0.4, -0.2) is 41.1 Å². The van der Waals surface area contributed by atoms with Crippen molar-refractivity contribution in [3.05, 3.63) is 0 Å². The first kappa shape index (κ1) is 9.19. The molecule has 1 rings (SSSR count). The summed E-state index contributed by atoms with van der Waals surface area (Å²) in [5, 5.41) is 8.96. The first-order valence-electron chi connectivity index (χ1n) is 3.93. The maximum atomic E-state index is 11.3. The van der Waals surface area contributed by atoms with E-state index in [1.54, 1.807) is 21.0 Å². The lowest BCUT2D eigenvalue weighted by Crippen LogP contribution is -2.59. The van der Waals surface area contributed by atoms with Gasteiger partial charge in [0.25, 0.3) is 0 Å². The van der Waals surface area contributed by atoms with Gasteiger partial charge in [-0.2, -0.15) is 0 Å². The van der Waals surface area contributed by atoms with E-state index in [4.69, 9.17) is 5.11 Å². The first-order chi connectivity index (χ1) is 5.32. The van der Waals surface area contributed by atoms with Crippen molar-refractivity contribution in [3.63, 3.8) is 0 Å². The lowest BCUT2D eigenvalue weighted by molar-refractivity contribution is -0.848. The molecule has 12 heavy (non-hydrogen) atoms. The zero-order valence-corrected chi connectivity index (χ0v) is 7.63. The molecule has 0 aromatic rings. The number of carboxylic acids is 1. The van der Waals surface area contributed by atoms with Crippen LogP contribution < -0.4 is 0 Å². The standard InChI is InChI=1S/C8H13NO3/c1-8(7(11)12)5-4-6(10)9(8,2)3/h4-5H2,1-3H3/p+1. The third kappa shape index (κ3) is 0.876. The molecular formula is C8H14NO3+. The van der Waals surface area contributed by atoms with Crippen LogP contribution in [0.1, 0.15) is 19.8 Å². The molecule has 0 saturated carbocycles. The Labute approximate surface area is 71.4 Å². The van der Waals surface area contributed by atoms with Crippen molar-refractivity contribution in [1.82, 2.24) is 0 Å². The second-order valence-electron chi connectivity index (χ2n) is 3.93. The third-order valence-corrected chi connectivity index (χ3v) is 3.14. The molecule has 0 spiro atoms. The van der Waals surface area contributed by atoms with E-state index in [1.807, 2.05) is 0 Å². The van der Waals surface area contributed by atoms with Crippen LogP contribution in [0.5, 0.6) is 0 Å². The monoisotopic (exact) mass is 172 g/mol. The maximum Gasteiger partial charge on any atom is 0.365 e. The Morgan fingerprint density at radius 2 is 2.08 bits per heavy atom. The van der Waals surface area contributed by atoms with Gasteiger partial charge in [0.15, 0.2) is 0 Å². The van der Waals surface area contributed by atoms with Gasteiger partial charge in [0.1, 0.15) is 0 Å². The summed E-state index contributed by atoms with van der Waals surface area (Å²) in [5.74, 6) is -0.891. The predicted molar refractivity (Wildman–Crippen MR) is 42.4 cm³/mol. The average molecular weight is 172 g/mol. The van der Waals surface area contributed by atoms with Crippen LogP contribution in [-0.2, 0) is 9.59 Å². The van der Waals surface area contributed by atoms with Crippen molar-refractivity contribution in [2.75, 3.05) is 14.1 Å². The van der Waals surface area contributed by atoms with Gasteiger partial charge in [0.2, 0.25) is 5.54 Å². The van der Waals surface area contributed by atoms with Crippen LogP contribution >= 0.6 is 0 Å². The lowest BCUT2D eigenvalue weighted by Gasteiger charge is -2.34. The van der Waals surface area contributed by atoms with Gasteiger partial charge in [-0.3, -0.25) is 4.48 Å². The Balaban J connectivity index is 3.10. The third-order valence-electron chi connectivity index (χ3n) is 3.14. The molecule has 4 heteroatoms. The molecule has 1 heterocycles. The highest BCUT2D eigenvalue weighted by molar-refractivity contribution is 5.84. The number of carbonyl (C=O) groups excluding carboxylic acids is 1. The molecule has 1 fully saturated rings. The number of quaternary nitrogens is 1. The molecule has 1 unspecified atom stereocenters. The Morgan fingerprint density at radius 1 is 1.58 bits per heavy atom. The maximum absolute atomic E-state index is 11.3. The van der Waals surface area contributed by atoms with E-state index in [0.717, 1.165) is 0 Å². The fourth-order valence-electron chi connectivity index (χ4n) is 1.53. The minimum Gasteiger partial charge on any atom is -0.477 e. The second-order valence-corrected chi connectivity index (χ2v) is 3.93. The molecule has 1 aliphatic rings. The summed E-state index contributed by atoms with van der Waals surface area (Å²) in [4.78, 5) is 22.2. The topological polar surface area (TPSA) is 54.4 Å². The Kier molecular flexibility index (Phi) is 1.76. The normalized spacial score (nSPS) is 33.8. The zero-order chi connectivity index (χ0) is 9.57. The largest absolute Gasteiger partial charge is 0.477 e. The van der Waals surface area contributed by atoms with Gasteiger partial charge in [0, 0.05) is 13.3 Å². The molecular weight excluding hydrogens is 158 g/mol. The van der Waals surface area contributed by atoms with Gasteiger partial charge in [-0.15, -0.1) is 0 Å². The van der Waals surface area contributed by atoms with Crippen LogP contribution in [0.25, 0.3) is 0 Å². The second kappa shape index (κ2) is 2.29. The fourth-order valence-corrected chi connectivity index (χ4v) is 1.53. The molecule has 1 aliphatic heterocycles. The molecule has 68 valence electrons. The number of likely N-dealkylation sites (N-methyl/N-ethyl adjacent to an activating group) is 1. The molecule has 0 radical (unpaired) electrons. The number of carboxylic acid groups (broad SMARTS) is 1. The van der Waals surface area contributed by atoms with E-state index >= 15 is 0 Å². The van der Waals surface area contributed by atoms with Gasteiger partial charge < -0.3 is 5.11 Å². The number of carbonyl (C=O) groups is 2. The van der Waals surface area contributed by atoms with Crippen LogP contribution in [0.2, 0.25) is 0 Å². The van der Waals surface area contributed by atoms with Crippen molar-refractivity contribution in [1.29, 1.82) is 0 Å². The van der Waals surface area contributed by atoms with Crippen LogP contribution in [0.3, 0.4) is 0 Å². The van der Waals surface area contributed by atoms with Gasteiger partial charge >= 0.3 is 11.9 Å². The van der Waals surface area contributed by atoms with Gasteiger partial charge in [-0.1, -0.05) is 0 Å². The molecule has 1 N–H and O–H groups in total. The average Bonchev–Trinajstić information content (AvgIpc) is 2.15. The Hall–Kier alpha value is -0.900. The van der Waals surface area contributed by atoms with Crippen LogP contribution in [0.15, 0.2) is 0 Å². The Bertz CT molecular complexity index is 247. The van der Waals surface area contributed by atoms with E-state index < -0.39 is 11.5 Å². The minimum absolute atomic E-state index is 0.0000926. The molecule has 1 amide bonds. The summed E-state index contributed by atoms with van der Waals surface area (Å²) in [6.07, 6.45) is 0.809. The van der Waals surface area contributed by atoms with Gasteiger partial charge in [0.05, 0.1) is 20.5 Å². The number of aliphatic carboxylic acids is 1. The molecule has 1 saturated heterocycles. The van der Waals surface area contributed by atoms with E-state index in [-0.39, 0.29) is 10.4 Å². The van der Waals surface area contributed by atoms with Gasteiger partial charge in [-0.25, -0.2) is 9.59 Å². The van der Waals surface area contributed by atoms with E-state index in [9.17, 15) is 9.59 Å². The minimum atomic E-state index is -0.933. The smallest absolute Gasteiger partial charge is 0.365 e. The Morgan fingerprint density at radius 3 is 2.25 bits per heavy atom. The summed E-state index contributed by atoms with van der Waals surface area (Å²) >= 11 is 0. The quantitative estimate of drug-likeness (QED) is 0.576. The van der Waals surface area contributed by atoms with Crippen molar-refractivity contribution in [2.24, 2.45) is 0 Å². The van der Waals surface area contributed by atoms with E-state index in [2.05, 4.69) is 0 Å². The molecule has 0 aromatic carbocycles. The number of hydrogen-bond acceptors (Lipinski definition) is 2. The van der Waals surface area contributed by atoms with E-state index in [1.165, 1.54) is 0 Å². The number of nitrogens with zero attached hydrogens (tertiary/aromatic N) is 1. The molecule has 1 atom stereocenters. The lowest BCUT2D eigenvalue weighted by atomic mass is 9.98. The number of amides is 1. The first-order valence-corrected chi connectivity index (χ1v) is 3.93. The summed E-state index contributed by atoms with van der Waals surface area (Å²) in [5.41, 5.74) is -0.933. The number of rotatable bonds is 1. The fraction of sp³-hybridized carbons (Fsp3) is 0.750. The highest BCUT2D eigenvalue weighted by Gasteiger charge is 2.57. The summed E-state index contributed by atoms with van der Waals surface area (Å²) in [7, 11) is 3.31. The highest BCUT2D eigenvalue weighted by Crippen LogP contribution is 2.34. The van der Waals surface area contributed by atoms with Crippen molar-refractivity contribution in [3.8, 4) is 0 Å². The molecule has 0 aromatic heterocycles. The zero-order valence-electron chi connectivity index (χ0n) is 7.63. The van der Waals surface area contributed by atoms with E-state index in [0.29, 0.717) is 12.8 Å². The highest BCUT2D eigenvalue weighted by atomic mass is 16.4. The van der Waals surface area contributed by atoms with Crippen LogP contribution in [0.4, 0.5) is 0 Å². The van der Waals surface area contributed by atoms with Crippen molar-refractivity contribution < 1.29 is 19.2 Å². The summed E-state index contributed by atoms with van der Waals surface area (Å²) in [6, 6.07) is 0.